The number of methoxy groups -OCH3 is 1. The Bertz CT molecular complexity index is 1400. The molecule has 2 N–H and O–H groups in total. The zero-order valence-corrected chi connectivity index (χ0v) is 21.5. The number of carbonyl (C=O) groups is 2. The molecule has 1 aliphatic rings. The number of hydrogen-bond donors (Lipinski definition) is 2. The van der Waals surface area contributed by atoms with Gasteiger partial charge in [0.05, 0.1) is 12.0 Å². The first-order valence-corrected chi connectivity index (χ1v) is 13.8. The third-order valence-corrected chi connectivity index (χ3v) is 8.48. The molecule has 1 aliphatic heterocycles. The highest BCUT2D eigenvalue weighted by molar-refractivity contribution is 7.89. The normalized spacial score (nSPS) is 15.4. The predicted octanol–water partition coefficient (Wildman–Crippen LogP) is 2.77. The molecule has 4 rings (SSSR count). The number of aromatic nitrogens is 2. The number of benzene rings is 1. The van der Waals surface area contributed by atoms with E-state index in [1.807, 2.05) is 0 Å². The fourth-order valence-electron chi connectivity index (χ4n) is 4.84. The number of esters is 1. The van der Waals surface area contributed by atoms with Crippen molar-refractivity contribution >= 4 is 32.8 Å². The van der Waals surface area contributed by atoms with Gasteiger partial charge in [-0.15, -0.1) is 0 Å². The van der Waals surface area contributed by atoms with Crippen LogP contribution in [0, 0.1) is 17.2 Å². The summed E-state index contributed by atoms with van der Waals surface area (Å²) >= 11 is 0. The van der Waals surface area contributed by atoms with Gasteiger partial charge in [0.1, 0.15) is 17.8 Å². The molecule has 0 spiro atoms. The Morgan fingerprint density at radius 1 is 1.22 bits per heavy atom. The van der Waals surface area contributed by atoms with Crippen molar-refractivity contribution in [3.8, 4) is 6.07 Å². The highest BCUT2D eigenvalue weighted by Gasteiger charge is 2.32. The number of amides is 1. The zero-order chi connectivity index (χ0) is 26.4. The molecule has 1 unspecified atom stereocenters. The summed E-state index contributed by atoms with van der Waals surface area (Å²) < 4.78 is 36.0. The van der Waals surface area contributed by atoms with Crippen LogP contribution in [-0.4, -0.2) is 61.0 Å². The van der Waals surface area contributed by atoms with Crippen LogP contribution in [0.4, 0.5) is 0 Å². The maximum absolute atomic E-state index is 13.6. The molecular weight excluding hydrogens is 494 g/mol. The van der Waals surface area contributed by atoms with E-state index in [-0.39, 0.29) is 23.2 Å². The van der Waals surface area contributed by atoms with Crippen molar-refractivity contribution in [2.75, 3.05) is 20.2 Å². The van der Waals surface area contributed by atoms with Crippen molar-refractivity contribution in [1.29, 1.82) is 5.26 Å². The third-order valence-electron chi connectivity index (χ3n) is 6.95. The second-order valence-electron chi connectivity index (χ2n) is 9.24. The van der Waals surface area contributed by atoms with Gasteiger partial charge in [-0.1, -0.05) is 6.07 Å². The third kappa shape index (κ3) is 6.21. The highest BCUT2D eigenvalue weighted by Crippen LogP contribution is 2.25. The Labute approximate surface area is 216 Å². The van der Waals surface area contributed by atoms with E-state index in [9.17, 15) is 23.3 Å². The van der Waals surface area contributed by atoms with E-state index < -0.39 is 16.1 Å². The van der Waals surface area contributed by atoms with Crippen molar-refractivity contribution in [2.45, 2.75) is 49.6 Å². The highest BCUT2D eigenvalue weighted by atomic mass is 32.2. The van der Waals surface area contributed by atoms with Gasteiger partial charge in [0.25, 0.3) is 0 Å². The van der Waals surface area contributed by atoms with E-state index in [1.54, 1.807) is 52.2 Å². The average molecular weight is 526 g/mol. The molecule has 196 valence electrons. The van der Waals surface area contributed by atoms with E-state index in [4.69, 9.17) is 4.74 Å². The maximum Gasteiger partial charge on any atom is 0.305 e. The number of sulfonamides is 1. The van der Waals surface area contributed by atoms with Gasteiger partial charge in [0.15, 0.2) is 0 Å². The Kier molecular flexibility index (Phi) is 8.31. The summed E-state index contributed by atoms with van der Waals surface area (Å²) in [6, 6.07) is 11.2. The van der Waals surface area contributed by atoms with Crippen LogP contribution in [0.25, 0.3) is 10.9 Å². The van der Waals surface area contributed by atoms with Crippen LogP contribution in [0.2, 0.25) is 0 Å². The monoisotopic (exact) mass is 525 g/mol. The molecule has 0 saturated carbocycles. The number of aryl methyl sites for hydroxylation is 1. The Hall–Kier alpha value is -3.62. The van der Waals surface area contributed by atoms with Gasteiger partial charge in [0.2, 0.25) is 15.9 Å². The van der Waals surface area contributed by atoms with Crippen LogP contribution in [0.1, 0.15) is 37.8 Å². The van der Waals surface area contributed by atoms with Crippen LogP contribution in [0.5, 0.6) is 0 Å². The van der Waals surface area contributed by atoms with Gasteiger partial charge in [-0.3, -0.25) is 9.59 Å². The number of aromatic amines is 1. The molecule has 11 heteroatoms. The van der Waals surface area contributed by atoms with E-state index in [2.05, 4.69) is 15.8 Å². The van der Waals surface area contributed by atoms with Crippen LogP contribution in [-0.2, 0) is 30.9 Å². The number of nitrogens with one attached hydrogen (secondary N) is 2. The van der Waals surface area contributed by atoms with E-state index in [0.717, 1.165) is 12.8 Å². The molecule has 1 atom stereocenters. The number of piperidine rings is 1. The van der Waals surface area contributed by atoms with Gasteiger partial charge >= 0.3 is 5.97 Å². The minimum absolute atomic E-state index is 0.101. The molecule has 0 bridgehead atoms. The summed E-state index contributed by atoms with van der Waals surface area (Å²) in [4.78, 5) is 29.9. The van der Waals surface area contributed by atoms with E-state index in [0.29, 0.717) is 55.0 Å². The van der Waals surface area contributed by atoms with Crippen molar-refractivity contribution in [3.05, 3.63) is 54.5 Å². The molecule has 1 amide bonds. The minimum Gasteiger partial charge on any atom is -0.469 e. The van der Waals surface area contributed by atoms with Crippen LogP contribution >= 0.6 is 0 Å². The SMILES string of the molecule is COC(=O)CCC1CCN(C(=O)C(CCn2cccc2C#N)NS(=O)(=O)c2cccc3[nH]ccc23)CC1. The Morgan fingerprint density at radius 3 is 2.73 bits per heavy atom. The lowest BCUT2D eigenvalue weighted by Crippen LogP contribution is -2.51. The zero-order valence-electron chi connectivity index (χ0n) is 20.7. The van der Waals surface area contributed by atoms with Crippen LogP contribution in [0.3, 0.4) is 0 Å². The predicted molar refractivity (Wildman–Crippen MR) is 137 cm³/mol. The van der Waals surface area contributed by atoms with Gasteiger partial charge < -0.3 is 19.2 Å². The maximum atomic E-state index is 13.6. The lowest BCUT2D eigenvalue weighted by atomic mass is 9.92. The molecule has 1 fully saturated rings. The summed E-state index contributed by atoms with van der Waals surface area (Å²) in [6.45, 7) is 1.28. The Balaban J connectivity index is 1.50. The standard InChI is InChI=1S/C26H31N5O5S/c1-36-25(32)8-7-19-10-15-31(16-11-19)26(33)23(12-17-30-14-3-4-20(30)18-27)29-37(34,35)24-6-2-5-22-21(24)9-13-28-22/h2-6,9,13-14,19,23,28-29H,7-8,10-12,15-17H2,1H3. The summed E-state index contributed by atoms with van der Waals surface area (Å²) in [5, 5.41) is 9.88. The molecular formula is C26H31N5O5S. The molecule has 0 aliphatic carbocycles. The second-order valence-corrected chi connectivity index (χ2v) is 10.9. The number of carbonyl (C=O) groups excluding carboxylic acids is 2. The number of likely N-dealkylation sites (tertiary alicyclic amines) is 1. The van der Waals surface area contributed by atoms with Crippen molar-refractivity contribution in [2.24, 2.45) is 5.92 Å². The molecule has 1 aromatic carbocycles. The minimum atomic E-state index is -4.02. The van der Waals surface area contributed by atoms with Crippen molar-refractivity contribution in [3.63, 3.8) is 0 Å². The van der Waals surface area contributed by atoms with Crippen molar-refractivity contribution < 1.29 is 22.7 Å². The number of fused-ring (bicyclic) bond motifs is 1. The van der Waals surface area contributed by atoms with Crippen LogP contribution < -0.4 is 4.72 Å². The number of H-pyrrole nitrogens is 1. The topological polar surface area (TPSA) is 137 Å². The fourth-order valence-corrected chi connectivity index (χ4v) is 6.29. The number of nitriles is 1. The first-order chi connectivity index (χ1) is 17.8. The van der Waals surface area contributed by atoms with Crippen LogP contribution in [0.15, 0.2) is 53.7 Å². The summed E-state index contributed by atoms with van der Waals surface area (Å²) in [6.07, 6.45) is 6.12. The molecule has 0 radical (unpaired) electrons. The summed E-state index contributed by atoms with van der Waals surface area (Å²) in [5.74, 6) is -0.225. The number of hydrogen-bond acceptors (Lipinski definition) is 6. The molecule has 3 heterocycles. The first kappa shape index (κ1) is 26.4. The van der Waals surface area contributed by atoms with Gasteiger partial charge in [-0.25, -0.2) is 8.42 Å². The molecule has 10 nitrogen and oxygen atoms in total. The van der Waals surface area contributed by atoms with Gasteiger partial charge in [0, 0.05) is 49.4 Å². The van der Waals surface area contributed by atoms with Gasteiger partial charge in [-0.05, 0) is 61.9 Å². The largest absolute Gasteiger partial charge is 0.469 e. The Morgan fingerprint density at radius 2 is 2.00 bits per heavy atom. The fraction of sp³-hybridized carbons (Fsp3) is 0.423. The lowest BCUT2D eigenvalue weighted by molar-refractivity contribution is -0.141. The van der Waals surface area contributed by atoms with Gasteiger partial charge in [-0.2, -0.15) is 9.98 Å². The quantitative estimate of drug-likeness (QED) is 0.391. The number of nitrogens with zero attached hydrogens (tertiary/aromatic N) is 3. The average Bonchev–Trinajstić information content (AvgIpc) is 3.58. The summed E-state index contributed by atoms with van der Waals surface area (Å²) in [7, 11) is -2.65. The smallest absolute Gasteiger partial charge is 0.305 e. The molecule has 2 aromatic heterocycles. The molecule has 3 aromatic rings. The molecule has 1 saturated heterocycles. The van der Waals surface area contributed by atoms with E-state index >= 15 is 0 Å². The number of rotatable bonds is 10. The van der Waals surface area contributed by atoms with Crippen molar-refractivity contribution in [1.82, 2.24) is 19.2 Å². The van der Waals surface area contributed by atoms with E-state index in [1.165, 1.54) is 13.2 Å². The second kappa shape index (κ2) is 11.6. The molecule has 37 heavy (non-hydrogen) atoms. The summed E-state index contributed by atoms with van der Waals surface area (Å²) in [5.41, 5.74) is 1.13. The first-order valence-electron chi connectivity index (χ1n) is 12.3. The lowest BCUT2D eigenvalue weighted by Gasteiger charge is -2.34. The number of ether oxygens (including phenoxy) is 1.